The van der Waals surface area contributed by atoms with Crippen LogP contribution >= 0.6 is 0 Å². The molecule has 0 aliphatic heterocycles. The fourth-order valence-electron chi connectivity index (χ4n) is 1.35. The van der Waals surface area contributed by atoms with Crippen molar-refractivity contribution in [3.05, 3.63) is 30.1 Å². The van der Waals surface area contributed by atoms with Gasteiger partial charge in [0.15, 0.2) is 5.75 Å². The maximum Gasteiger partial charge on any atom is 0.320 e. The molecule has 1 aromatic rings. The Hall–Kier alpha value is -1.47. The summed E-state index contributed by atoms with van der Waals surface area (Å²) in [5.74, 6) is -2.23. The number of rotatable bonds is 6. The monoisotopic (exact) mass is 258 g/mol. The molecular weight excluding hydrogens is 244 g/mol. The Morgan fingerprint density at radius 3 is 2.47 bits per heavy atom. The molecule has 94 valence electrons. The molecule has 1 N–H and O–H groups in total. The molecule has 0 amide bonds. The molecule has 0 aliphatic rings. The zero-order chi connectivity index (χ0) is 12.9. The van der Waals surface area contributed by atoms with E-state index in [1.54, 1.807) is 31.5 Å². The number of carboxylic acids is 1. The van der Waals surface area contributed by atoms with Crippen molar-refractivity contribution in [3.63, 3.8) is 0 Å². The summed E-state index contributed by atoms with van der Waals surface area (Å²) in [6.45, 7) is 2.06. The lowest BCUT2D eigenvalue weighted by Gasteiger charge is -2.19. The van der Waals surface area contributed by atoms with Crippen LogP contribution in [0.15, 0.2) is 24.5 Å². The molecular formula is C10H14N2O4S. The highest BCUT2D eigenvalue weighted by Gasteiger charge is 2.23. The van der Waals surface area contributed by atoms with Crippen molar-refractivity contribution in [2.24, 2.45) is 0 Å². The van der Waals surface area contributed by atoms with Crippen LogP contribution in [0.1, 0.15) is 12.5 Å². The van der Waals surface area contributed by atoms with Crippen LogP contribution in [-0.2, 0) is 21.4 Å². The Balaban J connectivity index is 2.82. The number of aliphatic carboxylic acids is 1. The van der Waals surface area contributed by atoms with Gasteiger partial charge >= 0.3 is 5.97 Å². The summed E-state index contributed by atoms with van der Waals surface area (Å²) in [5, 5.41) is 8.54. The summed E-state index contributed by atoms with van der Waals surface area (Å²) in [7, 11) is -3.76. The maximum atomic E-state index is 11.7. The molecule has 0 radical (unpaired) electrons. The molecule has 0 saturated heterocycles. The van der Waals surface area contributed by atoms with Crippen LogP contribution in [0.25, 0.3) is 0 Å². The molecule has 0 saturated carbocycles. The highest BCUT2D eigenvalue weighted by molar-refractivity contribution is 7.89. The molecule has 0 aliphatic carbocycles. The van der Waals surface area contributed by atoms with E-state index < -0.39 is 21.7 Å². The minimum Gasteiger partial charge on any atom is -0.480 e. The van der Waals surface area contributed by atoms with E-state index in [2.05, 4.69) is 4.98 Å². The number of hydrogen-bond acceptors (Lipinski definition) is 4. The predicted octanol–water partition coefficient (Wildman–Crippen LogP) is 0.318. The van der Waals surface area contributed by atoms with Crippen molar-refractivity contribution < 1.29 is 18.3 Å². The quantitative estimate of drug-likeness (QED) is 0.793. The van der Waals surface area contributed by atoms with Gasteiger partial charge in [-0.25, -0.2) is 8.42 Å². The van der Waals surface area contributed by atoms with Crippen molar-refractivity contribution in [2.45, 2.75) is 13.5 Å². The Kier molecular flexibility index (Phi) is 4.59. The summed E-state index contributed by atoms with van der Waals surface area (Å²) in [5.41, 5.74) is 0.774. The van der Waals surface area contributed by atoms with E-state index in [4.69, 9.17) is 5.11 Å². The Labute approximate surface area is 100.0 Å². The lowest BCUT2D eigenvalue weighted by Crippen LogP contribution is -2.34. The molecule has 1 aromatic heterocycles. The Morgan fingerprint density at radius 2 is 2.00 bits per heavy atom. The summed E-state index contributed by atoms with van der Waals surface area (Å²) in [6, 6.07) is 3.39. The van der Waals surface area contributed by atoms with Crippen molar-refractivity contribution >= 4 is 16.0 Å². The van der Waals surface area contributed by atoms with Gasteiger partial charge < -0.3 is 5.11 Å². The number of carboxylic acid groups (broad SMARTS) is 1. The van der Waals surface area contributed by atoms with E-state index in [-0.39, 0.29) is 13.1 Å². The van der Waals surface area contributed by atoms with Crippen LogP contribution in [0.3, 0.4) is 0 Å². The first-order chi connectivity index (χ1) is 7.95. The van der Waals surface area contributed by atoms with Gasteiger partial charge in [0.25, 0.3) is 0 Å². The Bertz CT molecular complexity index is 472. The summed E-state index contributed by atoms with van der Waals surface area (Å²) in [4.78, 5) is 14.3. The van der Waals surface area contributed by atoms with E-state index in [9.17, 15) is 13.2 Å². The average molecular weight is 258 g/mol. The zero-order valence-electron chi connectivity index (χ0n) is 9.41. The predicted molar refractivity (Wildman–Crippen MR) is 61.7 cm³/mol. The van der Waals surface area contributed by atoms with E-state index in [0.717, 1.165) is 9.87 Å². The maximum absolute atomic E-state index is 11.7. The summed E-state index contributed by atoms with van der Waals surface area (Å²) in [6.07, 6.45) is 3.12. The molecule has 0 atom stereocenters. The number of sulfonamides is 1. The zero-order valence-corrected chi connectivity index (χ0v) is 10.2. The van der Waals surface area contributed by atoms with Gasteiger partial charge in [-0.2, -0.15) is 4.31 Å². The van der Waals surface area contributed by atoms with Crippen LogP contribution in [0.4, 0.5) is 0 Å². The van der Waals surface area contributed by atoms with E-state index >= 15 is 0 Å². The van der Waals surface area contributed by atoms with Gasteiger partial charge in [-0.1, -0.05) is 6.92 Å². The first-order valence-corrected chi connectivity index (χ1v) is 6.65. The third kappa shape index (κ3) is 4.12. The second kappa shape index (κ2) is 5.74. The molecule has 1 rings (SSSR count). The largest absolute Gasteiger partial charge is 0.480 e. The van der Waals surface area contributed by atoms with Gasteiger partial charge in [0.05, 0.1) is 0 Å². The lowest BCUT2D eigenvalue weighted by atomic mass is 10.3. The van der Waals surface area contributed by atoms with Gasteiger partial charge in [-0.15, -0.1) is 0 Å². The highest BCUT2D eigenvalue weighted by atomic mass is 32.2. The minimum atomic E-state index is -3.76. The van der Waals surface area contributed by atoms with Crippen molar-refractivity contribution in [1.82, 2.24) is 9.29 Å². The Morgan fingerprint density at radius 1 is 1.41 bits per heavy atom. The number of hydrogen-bond donors (Lipinski definition) is 1. The lowest BCUT2D eigenvalue weighted by molar-refractivity contribution is -0.134. The standard InChI is InChI=1S/C10H14N2O4S/c1-2-12(17(15,16)8-10(13)14)7-9-3-5-11-6-4-9/h3-6H,2,7-8H2,1H3,(H,13,14). The van der Waals surface area contributed by atoms with Gasteiger partial charge in [-0.05, 0) is 17.7 Å². The highest BCUT2D eigenvalue weighted by Crippen LogP contribution is 2.08. The van der Waals surface area contributed by atoms with Gasteiger partial charge in [0, 0.05) is 25.5 Å². The van der Waals surface area contributed by atoms with Crippen LogP contribution in [0, 0.1) is 0 Å². The van der Waals surface area contributed by atoms with Gasteiger partial charge in [0.1, 0.15) is 0 Å². The minimum absolute atomic E-state index is 0.161. The second-order valence-corrected chi connectivity index (χ2v) is 5.40. The number of aromatic nitrogens is 1. The molecule has 0 aromatic carbocycles. The topological polar surface area (TPSA) is 87.6 Å². The molecule has 0 spiro atoms. The normalized spacial score (nSPS) is 11.6. The smallest absolute Gasteiger partial charge is 0.320 e. The first kappa shape index (κ1) is 13.6. The summed E-state index contributed by atoms with van der Waals surface area (Å²) >= 11 is 0. The third-order valence-corrected chi connectivity index (χ3v) is 3.95. The number of pyridine rings is 1. The first-order valence-electron chi connectivity index (χ1n) is 5.04. The molecule has 7 heteroatoms. The van der Waals surface area contributed by atoms with Crippen molar-refractivity contribution in [1.29, 1.82) is 0 Å². The van der Waals surface area contributed by atoms with E-state index in [0.29, 0.717) is 0 Å². The number of carbonyl (C=O) groups is 1. The SMILES string of the molecule is CCN(Cc1ccncc1)S(=O)(=O)CC(=O)O. The molecule has 0 fully saturated rings. The van der Waals surface area contributed by atoms with E-state index in [1.165, 1.54) is 0 Å². The second-order valence-electron chi connectivity index (χ2n) is 3.43. The average Bonchev–Trinajstić information content (AvgIpc) is 2.25. The van der Waals surface area contributed by atoms with Gasteiger partial charge in [-0.3, -0.25) is 9.78 Å². The molecule has 1 heterocycles. The fraction of sp³-hybridized carbons (Fsp3) is 0.400. The van der Waals surface area contributed by atoms with E-state index in [1.807, 2.05) is 0 Å². The molecule has 0 bridgehead atoms. The number of nitrogens with zero attached hydrogens (tertiary/aromatic N) is 2. The molecule has 6 nitrogen and oxygen atoms in total. The summed E-state index contributed by atoms with van der Waals surface area (Å²) < 4.78 is 24.5. The molecule has 0 unspecified atom stereocenters. The van der Waals surface area contributed by atoms with Gasteiger partial charge in [0.2, 0.25) is 10.0 Å². The third-order valence-electron chi connectivity index (χ3n) is 2.16. The van der Waals surface area contributed by atoms with Crippen LogP contribution in [0.5, 0.6) is 0 Å². The fourth-order valence-corrected chi connectivity index (χ4v) is 2.58. The van der Waals surface area contributed by atoms with Crippen molar-refractivity contribution in [2.75, 3.05) is 12.3 Å². The van der Waals surface area contributed by atoms with Crippen molar-refractivity contribution in [3.8, 4) is 0 Å². The van der Waals surface area contributed by atoms with Crippen LogP contribution in [-0.4, -0.2) is 41.1 Å². The van der Waals surface area contributed by atoms with Crippen LogP contribution < -0.4 is 0 Å². The molecule has 17 heavy (non-hydrogen) atoms. The van der Waals surface area contributed by atoms with Crippen LogP contribution in [0.2, 0.25) is 0 Å².